The van der Waals surface area contributed by atoms with Crippen LogP contribution >= 0.6 is 35.0 Å². The Balaban J connectivity index is 1.69. The lowest BCUT2D eigenvalue weighted by Crippen LogP contribution is -2.15. The molecule has 168 valence electrons. The van der Waals surface area contributed by atoms with Crippen LogP contribution in [0.25, 0.3) is 0 Å². The van der Waals surface area contributed by atoms with Gasteiger partial charge in [0.25, 0.3) is 0 Å². The minimum Gasteiger partial charge on any atom is -0.481 e. The van der Waals surface area contributed by atoms with Crippen LogP contribution in [0.4, 0.5) is 5.69 Å². The number of nitrogens with one attached hydrogen (secondary N) is 1. The Hall–Kier alpha value is -2.48. The minimum absolute atomic E-state index is 0.122. The van der Waals surface area contributed by atoms with Gasteiger partial charge in [-0.15, -0.1) is 16.8 Å². The van der Waals surface area contributed by atoms with Crippen LogP contribution in [0.15, 0.2) is 54.2 Å². The van der Waals surface area contributed by atoms with Crippen molar-refractivity contribution >= 4 is 46.6 Å². The largest absolute Gasteiger partial charge is 0.481 e. The number of halogens is 2. The summed E-state index contributed by atoms with van der Waals surface area (Å²) >= 11 is 13.6. The van der Waals surface area contributed by atoms with E-state index in [1.165, 1.54) is 17.3 Å². The van der Waals surface area contributed by atoms with Crippen LogP contribution in [0.1, 0.15) is 30.0 Å². The van der Waals surface area contributed by atoms with Gasteiger partial charge in [0.2, 0.25) is 5.91 Å². The highest BCUT2D eigenvalue weighted by atomic mass is 35.5. The number of hydrogen-bond acceptors (Lipinski definition) is 5. The molecule has 1 heterocycles. The lowest BCUT2D eigenvalue weighted by Gasteiger charge is -2.16. The molecule has 32 heavy (non-hydrogen) atoms. The van der Waals surface area contributed by atoms with Gasteiger partial charge in [-0.3, -0.25) is 9.36 Å². The second kappa shape index (κ2) is 10.9. The molecule has 0 fully saturated rings. The van der Waals surface area contributed by atoms with E-state index in [1.807, 2.05) is 43.5 Å². The Kier molecular flexibility index (Phi) is 8.23. The van der Waals surface area contributed by atoms with E-state index in [0.29, 0.717) is 33.3 Å². The second-order valence-corrected chi connectivity index (χ2v) is 9.00. The van der Waals surface area contributed by atoms with Crippen molar-refractivity contribution in [2.45, 2.75) is 38.6 Å². The number of aromatic nitrogens is 3. The summed E-state index contributed by atoms with van der Waals surface area (Å²) in [4.78, 5) is 12.4. The highest BCUT2D eigenvalue weighted by Crippen LogP contribution is 2.32. The van der Waals surface area contributed by atoms with Gasteiger partial charge in [0.1, 0.15) is 5.75 Å². The van der Waals surface area contributed by atoms with Crippen molar-refractivity contribution in [3.63, 3.8) is 0 Å². The normalized spacial score (nSPS) is 11.8. The number of carbonyl (C=O) groups excluding carboxylic acids is 1. The number of thioether (sulfide) groups is 1. The van der Waals surface area contributed by atoms with Crippen LogP contribution in [0.5, 0.6) is 5.75 Å². The van der Waals surface area contributed by atoms with Crippen molar-refractivity contribution in [3.05, 3.63) is 76.0 Å². The first-order valence-electron chi connectivity index (χ1n) is 9.94. The number of amides is 1. The third kappa shape index (κ3) is 6.06. The SMILES string of the molecule is C=CCn1c(SCC(=O)Nc2ccc(C)c(C)c2)nnc1C(C)Oc1cc(Cl)ccc1Cl. The summed E-state index contributed by atoms with van der Waals surface area (Å²) in [6.45, 7) is 10.2. The Morgan fingerprint density at radius 3 is 2.72 bits per heavy atom. The molecule has 1 atom stereocenters. The molecule has 0 radical (unpaired) electrons. The van der Waals surface area contributed by atoms with E-state index in [-0.39, 0.29) is 11.7 Å². The van der Waals surface area contributed by atoms with E-state index in [9.17, 15) is 4.79 Å². The van der Waals surface area contributed by atoms with Gasteiger partial charge < -0.3 is 10.1 Å². The Morgan fingerprint density at radius 2 is 2.00 bits per heavy atom. The zero-order valence-corrected chi connectivity index (χ0v) is 20.4. The summed E-state index contributed by atoms with van der Waals surface area (Å²) < 4.78 is 7.84. The molecule has 0 saturated carbocycles. The molecule has 3 rings (SSSR count). The molecule has 1 amide bonds. The third-order valence-electron chi connectivity index (χ3n) is 4.74. The maximum atomic E-state index is 12.4. The quantitative estimate of drug-likeness (QED) is 0.283. The van der Waals surface area contributed by atoms with E-state index >= 15 is 0 Å². The summed E-state index contributed by atoms with van der Waals surface area (Å²) in [5.74, 6) is 1.13. The molecule has 0 aliphatic carbocycles. The molecular weight excluding hydrogens is 467 g/mol. The Morgan fingerprint density at radius 1 is 1.22 bits per heavy atom. The van der Waals surface area contributed by atoms with Crippen molar-refractivity contribution in [2.24, 2.45) is 0 Å². The van der Waals surface area contributed by atoms with E-state index in [4.69, 9.17) is 27.9 Å². The van der Waals surface area contributed by atoms with Crippen LogP contribution in [-0.4, -0.2) is 26.4 Å². The number of allylic oxidation sites excluding steroid dienone is 1. The zero-order valence-electron chi connectivity index (χ0n) is 18.1. The first kappa shape index (κ1) is 24.2. The predicted molar refractivity (Wildman–Crippen MR) is 131 cm³/mol. The second-order valence-electron chi connectivity index (χ2n) is 7.21. The van der Waals surface area contributed by atoms with Crippen molar-refractivity contribution in [1.29, 1.82) is 0 Å². The topological polar surface area (TPSA) is 69.0 Å². The van der Waals surface area contributed by atoms with Crippen LogP contribution in [0.2, 0.25) is 10.0 Å². The standard InChI is InChI=1S/C23H24Cl2N4O2S/c1-5-10-29-22(16(4)31-20-12-17(24)7-9-19(20)25)27-28-23(29)32-13-21(30)26-18-8-6-14(2)15(3)11-18/h5-9,11-12,16H,1,10,13H2,2-4H3,(H,26,30). The van der Waals surface area contributed by atoms with Gasteiger partial charge >= 0.3 is 0 Å². The monoisotopic (exact) mass is 490 g/mol. The van der Waals surface area contributed by atoms with E-state index in [1.54, 1.807) is 24.3 Å². The maximum absolute atomic E-state index is 12.4. The van der Waals surface area contributed by atoms with Gasteiger partial charge in [-0.05, 0) is 56.2 Å². The fraction of sp³-hybridized carbons (Fsp3) is 0.261. The van der Waals surface area contributed by atoms with Gasteiger partial charge in [0.05, 0.1) is 10.8 Å². The molecule has 6 nitrogen and oxygen atoms in total. The average Bonchev–Trinajstić information content (AvgIpc) is 3.15. The molecule has 2 aromatic carbocycles. The smallest absolute Gasteiger partial charge is 0.234 e. The number of hydrogen-bond donors (Lipinski definition) is 1. The summed E-state index contributed by atoms with van der Waals surface area (Å²) in [6.07, 6.45) is 1.29. The lowest BCUT2D eigenvalue weighted by atomic mass is 10.1. The van der Waals surface area contributed by atoms with Crippen LogP contribution in [0, 0.1) is 13.8 Å². The van der Waals surface area contributed by atoms with Crippen LogP contribution in [0.3, 0.4) is 0 Å². The molecular formula is C23H24Cl2N4O2S. The molecule has 0 aliphatic heterocycles. The molecule has 9 heteroatoms. The highest BCUT2D eigenvalue weighted by molar-refractivity contribution is 7.99. The molecule has 0 aliphatic rings. The molecule has 1 N–H and O–H groups in total. The number of rotatable bonds is 9. The summed E-state index contributed by atoms with van der Waals surface area (Å²) in [6, 6.07) is 10.9. The number of carbonyl (C=O) groups is 1. The number of benzene rings is 2. The summed E-state index contributed by atoms with van der Waals surface area (Å²) in [5, 5.41) is 13.0. The third-order valence-corrected chi connectivity index (χ3v) is 6.25. The molecule has 1 unspecified atom stereocenters. The molecule has 1 aromatic heterocycles. The summed E-state index contributed by atoms with van der Waals surface area (Å²) in [7, 11) is 0. The lowest BCUT2D eigenvalue weighted by molar-refractivity contribution is -0.113. The molecule has 3 aromatic rings. The maximum Gasteiger partial charge on any atom is 0.234 e. The van der Waals surface area contributed by atoms with E-state index in [0.717, 1.165) is 11.3 Å². The fourth-order valence-electron chi connectivity index (χ4n) is 2.97. The van der Waals surface area contributed by atoms with Gasteiger partial charge in [-0.25, -0.2) is 0 Å². The highest BCUT2D eigenvalue weighted by Gasteiger charge is 2.20. The van der Waals surface area contributed by atoms with E-state index < -0.39 is 6.10 Å². The van der Waals surface area contributed by atoms with Crippen molar-refractivity contribution < 1.29 is 9.53 Å². The van der Waals surface area contributed by atoms with Crippen LogP contribution < -0.4 is 10.1 Å². The van der Waals surface area contributed by atoms with Gasteiger partial charge in [0.15, 0.2) is 17.1 Å². The van der Waals surface area contributed by atoms with Gasteiger partial charge in [-0.2, -0.15) is 0 Å². The number of aryl methyl sites for hydroxylation is 2. The van der Waals surface area contributed by atoms with Crippen molar-refractivity contribution in [2.75, 3.05) is 11.1 Å². The predicted octanol–water partition coefficient (Wildman–Crippen LogP) is 6.26. The van der Waals surface area contributed by atoms with Crippen LogP contribution in [-0.2, 0) is 11.3 Å². The fourth-order valence-corrected chi connectivity index (χ4v) is 4.04. The van der Waals surface area contributed by atoms with Gasteiger partial charge in [0, 0.05) is 23.3 Å². The Bertz CT molecular complexity index is 1130. The van der Waals surface area contributed by atoms with Crippen molar-refractivity contribution in [1.82, 2.24) is 14.8 Å². The van der Waals surface area contributed by atoms with Crippen molar-refractivity contribution in [3.8, 4) is 5.75 Å². The molecule has 0 saturated heterocycles. The minimum atomic E-state index is -0.447. The van der Waals surface area contributed by atoms with Gasteiger partial charge in [-0.1, -0.05) is 47.1 Å². The number of anilines is 1. The average molecular weight is 491 g/mol. The Labute approximate surface area is 202 Å². The molecule has 0 spiro atoms. The molecule has 0 bridgehead atoms. The first-order chi connectivity index (χ1) is 15.3. The zero-order chi connectivity index (χ0) is 23.3. The number of ether oxygens (including phenoxy) is 1. The summed E-state index contributed by atoms with van der Waals surface area (Å²) in [5.41, 5.74) is 3.07. The van der Waals surface area contributed by atoms with E-state index in [2.05, 4.69) is 22.1 Å². The first-order valence-corrected chi connectivity index (χ1v) is 11.7. The number of nitrogens with zero attached hydrogens (tertiary/aromatic N) is 3.